The number of nitrogens with one attached hydrogen (secondary N) is 1. The van der Waals surface area contributed by atoms with Crippen molar-refractivity contribution in [3.05, 3.63) is 0 Å². The van der Waals surface area contributed by atoms with Gasteiger partial charge in [0, 0.05) is 19.5 Å². The standard InChI is InChI=1S/C12H24N2O5S/c1-10(2)11(9-15)13-12(16)3-8-20(17,18)14-4-6-19-7-5-14/h10-11,15H,3-9H2,1-2H3,(H,13,16). The summed E-state index contributed by atoms with van der Waals surface area (Å²) in [5.41, 5.74) is 0. The molecule has 0 aromatic rings. The number of hydrogen-bond acceptors (Lipinski definition) is 5. The van der Waals surface area contributed by atoms with Crippen molar-refractivity contribution in [2.24, 2.45) is 5.92 Å². The molecule has 7 nitrogen and oxygen atoms in total. The fraction of sp³-hybridized carbons (Fsp3) is 0.917. The number of sulfonamides is 1. The Balaban J connectivity index is 2.43. The van der Waals surface area contributed by atoms with Gasteiger partial charge in [-0.25, -0.2) is 8.42 Å². The molecule has 2 N–H and O–H groups in total. The molecule has 0 spiro atoms. The molecule has 0 aromatic carbocycles. The topological polar surface area (TPSA) is 95.9 Å². The molecule has 0 aromatic heterocycles. The van der Waals surface area contributed by atoms with Crippen molar-refractivity contribution in [3.63, 3.8) is 0 Å². The van der Waals surface area contributed by atoms with Crippen LogP contribution in [-0.4, -0.2) is 68.4 Å². The van der Waals surface area contributed by atoms with Crippen molar-refractivity contribution in [1.29, 1.82) is 0 Å². The normalized spacial score (nSPS) is 19.0. The molecule has 0 radical (unpaired) electrons. The largest absolute Gasteiger partial charge is 0.394 e. The van der Waals surface area contributed by atoms with Gasteiger partial charge in [0.2, 0.25) is 15.9 Å². The van der Waals surface area contributed by atoms with E-state index in [0.717, 1.165) is 0 Å². The van der Waals surface area contributed by atoms with Gasteiger partial charge in [-0.1, -0.05) is 13.8 Å². The Morgan fingerprint density at radius 3 is 2.45 bits per heavy atom. The van der Waals surface area contributed by atoms with Gasteiger partial charge < -0.3 is 15.2 Å². The molecule has 20 heavy (non-hydrogen) atoms. The first-order chi connectivity index (χ1) is 9.36. The van der Waals surface area contributed by atoms with Crippen LogP contribution >= 0.6 is 0 Å². The van der Waals surface area contributed by atoms with E-state index in [1.165, 1.54) is 4.31 Å². The molecule has 8 heteroatoms. The number of ether oxygens (including phenoxy) is 1. The summed E-state index contributed by atoms with van der Waals surface area (Å²) in [5, 5.41) is 11.8. The smallest absolute Gasteiger partial charge is 0.221 e. The lowest BCUT2D eigenvalue weighted by atomic mass is 10.1. The molecule has 1 saturated heterocycles. The van der Waals surface area contributed by atoms with E-state index in [-0.39, 0.29) is 36.6 Å². The van der Waals surface area contributed by atoms with E-state index >= 15 is 0 Å². The van der Waals surface area contributed by atoms with Gasteiger partial charge >= 0.3 is 0 Å². The van der Waals surface area contributed by atoms with Gasteiger partial charge in [0.05, 0.1) is 31.6 Å². The van der Waals surface area contributed by atoms with Gasteiger partial charge in [0.15, 0.2) is 0 Å². The molecule has 1 atom stereocenters. The van der Waals surface area contributed by atoms with Crippen molar-refractivity contribution >= 4 is 15.9 Å². The zero-order valence-electron chi connectivity index (χ0n) is 12.0. The van der Waals surface area contributed by atoms with Gasteiger partial charge in [-0.3, -0.25) is 4.79 Å². The van der Waals surface area contributed by atoms with E-state index < -0.39 is 10.0 Å². The summed E-state index contributed by atoms with van der Waals surface area (Å²) in [6.07, 6.45) is -0.0943. The highest BCUT2D eigenvalue weighted by atomic mass is 32.2. The lowest BCUT2D eigenvalue weighted by Crippen LogP contribution is -2.44. The Kier molecular flexibility index (Phi) is 6.87. The first kappa shape index (κ1) is 17.4. The molecular weight excluding hydrogens is 284 g/mol. The van der Waals surface area contributed by atoms with Crippen molar-refractivity contribution in [1.82, 2.24) is 9.62 Å². The lowest BCUT2D eigenvalue weighted by molar-refractivity contribution is -0.122. The van der Waals surface area contributed by atoms with Crippen LogP contribution in [0.2, 0.25) is 0 Å². The van der Waals surface area contributed by atoms with Crippen molar-refractivity contribution in [2.45, 2.75) is 26.3 Å². The van der Waals surface area contributed by atoms with Crippen LogP contribution in [0.5, 0.6) is 0 Å². The quantitative estimate of drug-likeness (QED) is 0.640. The molecule has 118 valence electrons. The minimum atomic E-state index is -3.41. The summed E-state index contributed by atoms with van der Waals surface area (Å²) in [7, 11) is -3.41. The zero-order valence-corrected chi connectivity index (χ0v) is 12.9. The van der Waals surface area contributed by atoms with Gasteiger partial charge in [-0.05, 0) is 5.92 Å². The minimum Gasteiger partial charge on any atom is -0.394 e. The Morgan fingerprint density at radius 1 is 1.35 bits per heavy atom. The number of carbonyl (C=O) groups is 1. The highest BCUT2D eigenvalue weighted by molar-refractivity contribution is 7.89. The first-order valence-electron chi connectivity index (χ1n) is 6.82. The van der Waals surface area contributed by atoms with Gasteiger partial charge in [-0.15, -0.1) is 0 Å². The van der Waals surface area contributed by atoms with Crippen LogP contribution in [0.15, 0.2) is 0 Å². The molecule has 1 amide bonds. The number of hydrogen-bond donors (Lipinski definition) is 2. The van der Waals surface area contributed by atoms with E-state index in [4.69, 9.17) is 9.84 Å². The van der Waals surface area contributed by atoms with E-state index in [1.807, 2.05) is 13.8 Å². The lowest BCUT2D eigenvalue weighted by Gasteiger charge is -2.26. The fourth-order valence-corrected chi connectivity index (χ4v) is 3.28. The van der Waals surface area contributed by atoms with Crippen LogP contribution < -0.4 is 5.32 Å². The molecule has 1 heterocycles. The fourth-order valence-electron chi connectivity index (χ4n) is 1.88. The van der Waals surface area contributed by atoms with E-state index in [0.29, 0.717) is 26.3 Å². The molecule has 1 unspecified atom stereocenters. The zero-order chi connectivity index (χ0) is 15.2. The molecule has 0 aliphatic carbocycles. The predicted octanol–water partition coefficient (Wildman–Crippen LogP) is -0.828. The average Bonchev–Trinajstić information content (AvgIpc) is 2.43. The summed E-state index contributed by atoms with van der Waals surface area (Å²) in [6.45, 7) is 5.08. The molecule has 0 bridgehead atoms. The molecule has 1 rings (SSSR count). The summed E-state index contributed by atoms with van der Waals surface area (Å²) < 4.78 is 30.5. The second-order valence-electron chi connectivity index (χ2n) is 5.18. The van der Waals surface area contributed by atoms with Crippen molar-refractivity contribution in [2.75, 3.05) is 38.7 Å². The summed E-state index contributed by atoms with van der Waals surface area (Å²) in [4.78, 5) is 11.7. The number of amides is 1. The highest BCUT2D eigenvalue weighted by Gasteiger charge is 2.25. The molecule has 1 fully saturated rings. The Bertz CT molecular complexity index is 404. The van der Waals surface area contributed by atoms with Gasteiger partial charge in [0.1, 0.15) is 0 Å². The maximum absolute atomic E-state index is 12.0. The van der Waals surface area contributed by atoms with Crippen molar-refractivity contribution < 1.29 is 23.1 Å². The number of aliphatic hydroxyl groups is 1. The van der Waals surface area contributed by atoms with Crippen LogP contribution in [0.1, 0.15) is 20.3 Å². The Morgan fingerprint density at radius 2 is 1.95 bits per heavy atom. The minimum absolute atomic E-state index is 0.0943. The number of carbonyl (C=O) groups excluding carboxylic acids is 1. The maximum atomic E-state index is 12.0. The third kappa shape index (κ3) is 5.35. The Labute approximate surface area is 120 Å². The monoisotopic (exact) mass is 308 g/mol. The summed E-state index contributed by atoms with van der Waals surface area (Å²) in [5.74, 6) is -0.468. The molecule has 1 aliphatic heterocycles. The summed E-state index contributed by atoms with van der Waals surface area (Å²) in [6, 6.07) is -0.339. The van der Waals surface area contributed by atoms with E-state index in [1.54, 1.807) is 0 Å². The Hall–Kier alpha value is -0.700. The molecule has 0 saturated carbocycles. The predicted molar refractivity (Wildman–Crippen MR) is 74.7 cm³/mol. The highest BCUT2D eigenvalue weighted by Crippen LogP contribution is 2.07. The van der Waals surface area contributed by atoms with Crippen LogP contribution in [0.3, 0.4) is 0 Å². The first-order valence-corrected chi connectivity index (χ1v) is 8.43. The SMILES string of the molecule is CC(C)C(CO)NC(=O)CCS(=O)(=O)N1CCOCC1. The number of morpholine rings is 1. The molecule has 1 aliphatic rings. The second-order valence-corrected chi connectivity index (χ2v) is 7.27. The number of rotatable bonds is 7. The van der Waals surface area contributed by atoms with Crippen molar-refractivity contribution in [3.8, 4) is 0 Å². The maximum Gasteiger partial charge on any atom is 0.221 e. The number of nitrogens with zero attached hydrogens (tertiary/aromatic N) is 1. The average molecular weight is 308 g/mol. The van der Waals surface area contributed by atoms with Crippen LogP contribution in [0, 0.1) is 5.92 Å². The number of aliphatic hydroxyl groups excluding tert-OH is 1. The third-order valence-corrected chi connectivity index (χ3v) is 5.17. The van der Waals surface area contributed by atoms with E-state index in [9.17, 15) is 13.2 Å². The third-order valence-electron chi connectivity index (χ3n) is 3.30. The van der Waals surface area contributed by atoms with Crippen LogP contribution in [0.25, 0.3) is 0 Å². The van der Waals surface area contributed by atoms with Crippen LogP contribution in [0.4, 0.5) is 0 Å². The summed E-state index contributed by atoms with van der Waals surface area (Å²) >= 11 is 0. The van der Waals surface area contributed by atoms with Gasteiger partial charge in [0.25, 0.3) is 0 Å². The second kappa shape index (κ2) is 7.92. The van der Waals surface area contributed by atoms with E-state index in [2.05, 4.69) is 5.32 Å². The van der Waals surface area contributed by atoms with Crippen LogP contribution in [-0.2, 0) is 19.6 Å². The molecular formula is C12H24N2O5S. The van der Waals surface area contributed by atoms with Gasteiger partial charge in [-0.2, -0.15) is 4.31 Å².